The minimum absolute atomic E-state index is 0.302. The predicted octanol–water partition coefficient (Wildman–Crippen LogP) is -4.09. The van der Waals surface area contributed by atoms with E-state index in [0.717, 1.165) is 0 Å². The topological polar surface area (TPSA) is 168 Å². The molecule has 11 heteroatoms. The van der Waals surface area contributed by atoms with E-state index in [1.54, 1.807) is 0 Å². The zero-order chi connectivity index (χ0) is 18.8. The molecule has 6 N–H and O–H groups in total. The lowest BCUT2D eigenvalue weighted by molar-refractivity contribution is -0.335. The number of aliphatic hydroxyl groups excluding tert-OH is 6. The van der Waals surface area contributed by atoms with Gasteiger partial charge in [0.25, 0.3) is 0 Å². The van der Waals surface area contributed by atoms with Crippen molar-refractivity contribution in [3.63, 3.8) is 0 Å². The SMILES string of the molecule is COCC1(OCC2(OC)OC(CO)C(O)C2O)OC(CO)C(O)C1O. The van der Waals surface area contributed by atoms with Crippen molar-refractivity contribution in [1.82, 2.24) is 0 Å². The second-order valence-electron chi connectivity index (χ2n) is 6.10. The second kappa shape index (κ2) is 8.06. The molecule has 8 atom stereocenters. The molecule has 0 aromatic heterocycles. The molecule has 2 aliphatic rings. The molecule has 0 aromatic rings. The van der Waals surface area contributed by atoms with E-state index in [-0.39, 0.29) is 6.61 Å². The van der Waals surface area contributed by atoms with Crippen LogP contribution in [0.1, 0.15) is 0 Å². The molecule has 2 aliphatic heterocycles. The van der Waals surface area contributed by atoms with Gasteiger partial charge in [-0.15, -0.1) is 0 Å². The molecule has 0 saturated carbocycles. The van der Waals surface area contributed by atoms with E-state index in [1.807, 2.05) is 0 Å². The van der Waals surface area contributed by atoms with E-state index in [1.165, 1.54) is 14.2 Å². The number of hydrogen-bond acceptors (Lipinski definition) is 11. The smallest absolute Gasteiger partial charge is 0.222 e. The van der Waals surface area contributed by atoms with E-state index in [2.05, 4.69) is 0 Å². The highest BCUT2D eigenvalue weighted by Gasteiger charge is 2.60. The van der Waals surface area contributed by atoms with Gasteiger partial charge in [-0.3, -0.25) is 0 Å². The fraction of sp³-hybridized carbons (Fsp3) is 1.00. The average molecular weight is 370 g/mol. The molecule has 0 bridgehead atoms. The van der Waals surface area contributed by atoms with Gasteiger partial charge in [-0.1, -0.05) is 0 Å². The molecule has 2 fully saturated rings. The molecule has 0 amide bonds. The van der Waals surface area contributed by atoms with Crippen molar-refractivity contribution in [3.05, 3.63) is 0 Å². The zero-order valence-corrected chi connectivity index (χ0v) is 14.0. The summed E-state index contributed by atoms with van der Waals surface area (Å²) in [7, 11) is 2.53. The first-order valence-electron chi connectivity index (χ1n) is 7.78. The van der Waals surface area contributed by atoms with Crippen molar-refractivity contribution < 1.29 is 54.3 Å². The van der Waals surface area contributed by atoms with Gasteiger partial charge in [0, 0.05) is 14.2 Å². The molecule has 0 aromatic carbocycles. The molecular weight excluding hydrogens is 344 g/mol. The number of methoxy groups -OCH3 is 2. The number of ether oxygens (including phenoxy) is 5. The van der Waals surface area contributed by atoms with Gasteiger partial charge in [-0.05, 0) is 0 Å². The maximum absolute atomic E-state index is 10.3. The van der Waals surface area contributed by atoms with E-state index in [0.29, 0.717) is 0 Å². The number of aliphatic hydroxyl groups is 6. The number of rotatable bonds is 8. The first-order chi connectivity index (χ1) is 11.8. The molecule has 0 aliphatic carbocycles. The highest BCUT2D eigenvalue weighted by molar-refractivity contribution is 5.00. The van der Waals surface area contributed by atoms with Crippen LogP contribution < -0.4 is 0 Å². The maximum Gasteiger partial charge on any atom is 0.222 e. The average Bonchev–Trinajstić information content (AvgIpc) is 3.01. The summed E-state index contributed by atoms with van der Waals surface area (Å²) in [6, 6.07) is 0. The van der Waals surface area contributed by atoms with Crippen LogP contribution in [0.25, 0.3) is 0 Å². The van der Waals surface area contributed by atoms with E-state index in [4.69, 9.17) is 23.7 Å². The molecule has 0 radical (unpaired) electrons. The van der Waals surface area contributed by atoms with Gasteiger partial charge in [-0.2, -0.15) is 0 Å². The van der Waals surface area contributed by atoms with Crippen molar-refractivity contribution >= 4 is 0 Å². The van der Waals surface area contributed by atoms with E-state index in [9.17, 15) is 30.6 Å². The first kappa shape index (κ1) is 20.9. The third kappa shape index (κ3) is 3.55. The Kier molecular flexibility index (Phi) is 6.73. The minimum Gasteiger partial charge on any atom is -0.394 e. The molecule has 8 unspecified atom stereocenters. The molecule has 148 valence electrons. The highest BCUT2D eigenvalue weighted by Crippen LogP contribution is 2.37. The van der Waals surface area contributed by atoms with Gasteiger partial charge in [0.1, 0.15) is 49.8 Å². The highest BCUT2D eigenvalue weighted by atomic mass is 16.8. The molecular formula is C14H26O11. The Hall–Kier alpha value is -0.440. The Bertz CT molecular complexity index is 437. The predicted molar refractivity (Wildman–Crippen MR) is 78.2 cm³/mol. The summed E-state index contributed by atoms with van der Waals surface area (Å²) < 4.78 is 26.5. The Morgan fingerprint density at radius 3 is 1.68 bits per heavy atom. The van der Waals surface area contributed by atoms with Crippen molar-refractivity contribution in [2.75, 3.05) is 40.6 Å². The van der Waals surface area contributed by atoms with Crippen molar-refractivity contribution in [2.45, 2.75) is 48.2 Å². The zero-order valence-electron chi connectivity index (χ0n) is 14.0. The van der Waals surface area contributed by atoms with Crippen LogP contribution in [0, 0.1) is 0 Å². The van der Waals surface area contributed by atoms with Crippen molar-refractivity contribution in [2.24, 2.45) is 0 Å². The van der Waals surface area contributed by atoms with Crippen molar-refractivity contribution in [3.8, 4) is 0 Å². The summed E-state index contributed by atoms with van der Waals surface area (Å²) in [5.74, 6) is -3.68. The van der Waals surface area contributed by atoms with Crippen LogP contribution in [-0.2, 0) is 23.7 Å². The van der Waals surface area contributed by atoms with Crippen molar-refractivity contribution in [1.29, 1.82) is 0 Å². The van der Waals surface area contributed by atoms with Crippen LogP contribution in [0.15, 0.2) is 0 Å². The monoisotopic (exact) mass is 370 g/mol. The lowest BCUT2D eigenvalue weighted by atomic mass is 10.0. The molecule has 0 spiro atoms. The summed E-state index contributed by atoms with van der Waals surface area (Å²) in [4.78, 5) is 0. The molecule has 2 rings (SSSR count). The van der Waals surface area contributed by atoms with Crippen LogP contribution in [0.2, 0.25) is 0 Å². The van der Waals surface area contributed by atoms with Gasteiger partial charge < -0.3 is 54.3 Å². The lowest BCUT2D eigenvalue weighted by Gasteiger charge is -2.36. The quantitative estimate of drug-likeness (QED) is 0.246. The normalized spacial score (nSPS) is 47.5. The first-order valence-corrected chi connectivity index (χ1v) is 7.78. The Balaban J connectivity index is 2.18. The summed E-state index contributed by atoms with van der Waals surface area (Å²) in [5.41, 5.74) is 0. The largest absolute Gasteiger partial charge is 0.394 e. The Labute approximate surface area is 144 Å². The lowest BCUT2D eigenvalue weighted by Crippen LogP contribution is -2.55. The molecule has 2 heterocycles. The standard InChI is InChI=1S/C14H26O11/c1-21-5-14(12(20)10(18)8(4-16)25-14)23-6-13(22-2)11(19)9(17)7(3-15)24-13/h7-12,15-20H,3-6H2,1-2H3. The van der Waals surface area contributed by atoms with Gasteiger partial charge in [-0.25, -0.2) is 0 Å². The van der Waals surface area contributed by atoms with Crippen LogP contribution in [0.4, 0.5) is 0 Å². The van der Waals surface area contributed by atoms with Crippen LogP contribution in [0.3, 0.4) is 0 Å². The third-order valence-corrected chi connectivity index (χ3v) is 4.58. The Morgan fingerprint density at radius 2 is 1.28 bits per heavy atom. The van der Waals surface area contributed by atoms with Gasteiger partial charge >= 0.3 is 0 Å². The second-order valence-corrected chi connectivity index (χ2v) is 6.10. The van der Waals surface area contributed by atoms with Crippen LogP contribution in [0.5, 0.6) is 0 Å². The fourth-order valence-electron chi connectivity index (χ4n) is 3.06. The van der Waals surface area contributed by atoms with E-state index < -0.39 is 68.0 Å². The molecule has 11 nitrogen and oxygen atoms in total. The fourth-order valence-corrected chi connectivity index (χ4v) is 3.06. The third-order valence-electron chi connectivity index (χ3n) is 4.58. The molecule has 25 heavy (non-hydrogen) atoms. The summed E-state index contributed by atoms with van der Waals surface area (Å²) >= 11 is 0. The van der Waals surface area contributed by atoms with Crippen LogP contribution in [-0.4, -0.2) is 119 Å². The van der Waals surface area contributed by atoms with Gasteiger partial charge in [0.2, 0.25) is 11.6 Å². The maximum atomic E-state index is 10.3. The summed E-state index contributed by atoms with van der Waals surface area (Å²) in [5, 5.41) is 58.8. The molecule has 2 saturated heterocycles. The number of hydrogen-bond donors (Lipinski definition) is 6. The van der Waals surface area contributed by atoms with Gasteiger partial charge in [0.05, 0.1) is 13.2 Å². The minimum atomic E-state index is -1.85. The van der Waals surface area contributed by atoms with Gasteiger partial charge in [0.15, 0.2) is 0 Å². The summed E-state index contributed by atoms with van der Waals surface area (Å²) in [6.07, 6.45) is -8.15. The van der Waals surface area contributed by atoms with Crippen LogP contribution >= 0.6 is 0 Å². The summed E-state index contributed by atoms with van der Waals surface area (Å²) in [6.45, 7) is -1.95. The van der Waals surface area contributed by atoms with E-state index >= 15 is 0 Å². The Morgan fingerprint density at radius 1 is 0.800 bits per heavy atom.